The minimum atomic E-state index is 0.366. The van der Waals surface area contributed by atoms with Gasteiger partial charge in [-0.1, -0.05) is 19.3 Å². The lowest BCUT2D eigenvalue weighted by molar-refractivity contribution is 0.411. The van der Waals surface area contributed by atoms with Gasteiger partial charge in [0.1, 0.15) is 11.6 Å². The van der Waals surface area contributed by atoms with Gasteiger partial charge in [-0.25, -0.2) is 4.98 Å². The first-order valence-electron chi connectivity index (χ1n) is 6.11. The lowest BCUT2D eigenvalue weighted by atomic mass is 9.88. The summed E-state index contributed by atoms with van der Waals surface area (Å²) >= 11 is 1.97. The molecule has 17 heavy (non-hydrogen) atoms. The molecule has 0 saturated heterocycles. The summed E-state index contributed by atoms with van der Waals surface area (Å²) in [7, 11) is 0. The number of nitrogen functional groups attached to an aromatic ring is 1. The number of nitrogens with one attached hydrogen (secondary N) is 1. The number of hydrogen-bond acceptors (Lipinski definition) is 5. The highest BCUT2D eigenvalue weighted by Gasteiger charge is 2.30. The van der Waals surface area contributed by atoms with Gasteiger partial charge in [0, 0.05) is 11.3 Å². The Hall–Kier alpha value is -0.970. The maximum absolute atomic E-state index is 5.61. The minimum absolute atomic E-state index is 0.366. The van der Waals surface area contributed by atoms with Crippen LogP contribution in [0, 0.1) is 0 Å². The maximum atomic E-state index is 5.61. The second-order valence-corrected chi connectivity index (χ2v) is 5.90. The van der Waals surface area contributed by atoms with Crippen molar-refractivity contribution < 1.29 is 0 Å². The molecule has 1 aliphatic rings. The number of aromatic nitrogens is 2. The highest BCUT2D eigenvalue weighted by molar-refractivity contribution is 8.00. The average Bonchev–Trinajstić information content (AvgIpc) is 2.38. The third kappa shape index (κ3) is 3.25. The van der Waals surface area contributed by atoms with Crippen LogP contribution in [0.2, 0.25) is 0 Å². The summed E-state index contributed by atoms with van der Waals surface area (Å²) in [6.45, 7) is 0.951. The van der Waals surface area contributed by atoms with Crippen molar-refractivity contribution >= 4 is 23.4 Å². The fourth-order valence-corrected chi connectivity index (χ4v) is 3.28. The molecule has 1 fully saturated rings. The average molecular weight is 252 g/mol. The summed E-state index contributed by atoms with van der Waals surface area (Å²) in [5.41, 5.74) is 5.61. The molecule has 1 aromatic heterocycles. The van der Waals surface area contributed by atoms with Crippen molar-refractivity contribution in [2.75, 3.05) is 23.9 Å². The number of rotatable bonds is 4. The van der Waals surface area contributed by atoms with Gasteiger partial charge in [0.25, 0.3) is 0 Å². The van der Waals surface area contributed by atoms with Crippen molar-refractivity contribution in [2.24, 2.45) is 0 Å². The van der Waals surface area contributed by atoms with E-state index in [9.17, 15) is 0 Å². The Labute approximate surface area is 107 Å². The zero-order chi connectivity index (χ0) is 12.1. The molecule has 94 valence electrons. The smallest absolute Gasteiger partial charge is 0.147 e. The standard InChI is InChI=1S/C12H20N4S/c1-17-12(5-3-2-4-6-12)9-15-11-8-14-7-10(13)16-11/h7-8H,2-6,9H2,1H3,(H3,13,15,16). The lowest BCUT2D eigenvalue weighted by Crippen LogP contribution is -2.35. The Bertz CT molecular complexity index is 363. The van der Waals surface area contributed by atoms with Gasteiger partial charge in [-0.2, -0.15) is 11.8 Å². The fourth-order valence-electron chi connectivity index (χ4n) is 2.37. The van der Waals surface area contributed by atoms with Gasteiger partial charge in [0.15, 0.2) is 0 Å². The van der Waals surface area contributed by atoms with E-state index in [-0.39, 0.29) is 0 Å². The molecule has 0 bridgehead atoms. The second kappa shape index (κ2) is 5.58. The van der Waals surface area contributed by atoms with Crippen LogP contribution in [0.1, 0.15) is 32.1 Å². The van der Waals surface area contributed by atoms with Crippen molar-refractivity contribution in [3.05, 3.63) is 12.4 Å². The number of hydrogen-bond donors (Lipinski definition) is 2. The van der Waals surface area contributed by atoms with Crippen LogP contribution >= 0.6 is 11.8 Å². The summed E-state index contributed by atoms with van der Waals surface area (Å²) in [5.74, 6) is 1.25. The molecule has 1 aliphatic carbocycles. The molecule has 3 N–H and O–H groups in total. The third-order valence-corrected chi connectivity index (χ3v) is 4.86. The predicted molar refractivity (Wildman–Crippen MR) is 74.3 cm³/mol. The topological polar surface area (TPSA) is 63.8 Å². The van der Waals surface area contributed by atoms with E-state index >= 15 is 0 Å². The number of nitrogens with zero attached hydrogens (tertiary/aromatic N) is 2. The first kappa shape index (κ1) is 12.5. The van der Waals surface area contributed by atoms with Crippen LogP contribution in [0.15, 0.2) is 12.4 Å². The molecule has 2 rings (SSSR count). The van der Waals surface area contributed by atoms with Gasteiger partial charge in [-0.15, -0.1) is 0 Å². The molecule has 4 nitrogen and oxygen atoms in total. The molecule has 0 amide bonds. The van der Waals surface area contributed by atoms with Gasteiger partial charge in [0.2, 0.25) is 0 Å². The normalized spacial score (nSPS) is 18.9. The van der Waals surface area contributed by atoms with Crippen LogP contribution in [0.4, 0.5) is 11.6 Å². The summed E-state index contributed by atoms with van der Waals surface area (Å²) in [6, 6.07) is 0. The molecule has 0 radical (unpaired) electrons. The minimum Gasteiger partial charge on any atom is -0.382 e. The van der Waals surface area contributed by atoms with Crippen molar-refractivity contribution in [1.29, 1.82) is 0 Å². The van der Waals surface area contributed by atoms with Crippen LogP contribution in [-0.2, 0) is 0 Å². The van der Waals surface area contributed by atoms with Crippen LogP contribution < -0.4 is 11.1 Å². The van der Waals surface area contributed by atoms with E-state index in [0.717, 1.165) is 12.4 Å². The zero-order valence-electron chi connectivity index (χ0n) is 10.3. The number of thioether (sulfide) groups is 1. The van der Waals surface area contributed by atoms with Gasteiger partial charge in [-0.05, 0) is 19.1 Å². The lowest BCUT2D eigenvalue weighted by Gasteiger charge is -2.36. The summed E-state index contributed by atoms with van der Waals surface area (Å²) < 4.78 is 0.366. The van der Waals surface area contributed by atoms with Crippen LogP contribution in [0.5, 0.6) is 0 Å². The Morgan fingerprint density at radius 2 is 2.12 bits per heavy atom. The molecule has 0 aliphatic heterocycles. The molecule has 0 unspecified atom stereocenters. The zero-order valence-corrected chi connectivity index (χ0v) is 11.1. The number of nitrogens with two attached hydrogens (primary N) is 1. The Kier molecular flexibility index (Phi) is 4.10. The predicted octanol–water partition coefficient (Wildman–Crippen LogP) is 2.54. The van der Waals surface area contributed by atoms with E-state index in [1.165, 1.54) is 32.1 Å². The molecule has 5 heteroatoms. The van der Waals surface area contributed by atoms with Gasteiger partial charge in [-0.3, -0.25) is 4.98 Å². The van der Waals surface area contributed by atoms with E-state index in [4.69, 9.17) is 5.73 Å². The van der Waals surface area contributed by atoms with Crippen molar-refractivity contribution in [2.45, 2.75) is 36.9 Å². The van der Waals surface area contributed by atoms with Gasteiger partial charge < -0.3 is 11.1 Å². The van der Waals surface area contributed by atoms with Crippen molar-refractivity contribution in [1.82, 2.24) is 9.97 Å². The highest BCUT2D eigenvalue weighted by atomic mass is 32.2. The van der Waals surface area contributed by atoms with Crippen molar-refractivity contribution in [3.8, 4) is 0 Å². The summed E-state index contributed by atoms with van der Waals surface area (Å²) in [5, 5.41) is 3.37. The van der Waals surface area contributed by atoms with E-state index in [0.29, 0.717) is 10.6 Å². The van der Waals surface area contributed by atoms with Crippen molar-refractivity contribution in [3.63, 3.8) is 0 Å². The SMILES string of the molecule is CSC1(CNc2cncc(N)n2)CCCCC1. The second-order valence-electron chi connectivity index (χ2n) is 4.63. The Morgan fingerprint density at radius 1 is 1.35 bits per heavy atom. The van der Waals surface area contributed by atoms with Crippen LogP contribution in [-0.4, -0.2) is 27.5 Å². The highest BCUT2D eigenvalue weighted by Crippen LogP contribution is 2.38. The van der Waals surface area contributed by atoms with E-state index in [1.807, 2.05) is 11.8 Å². The molecule has 0 spiro atoms. The van der Waals surface area contributed by atoms with Crippen LogP contribution in [0.25, 0.3) is 0 Å². The first-order chi connectivity index (χ1) is 8.24. The first-order valence-corrected chi connectivity index (χ1v) is 7.33. The van der Waals surface area contributed by atoms with Crippen LogP contribution in [0.3, 0.4) is 0 Å². The van der Waals surface area contributed by atoms with Gasteiger partial charge in [0.05, 0.1) is 12.4 Å². The third-order valence-electron chi connectivity index (χ3n) is 3.44. The summed E-state index contributed by atoms with van der Waals surface area (Å²) in [4.78, 5) is 8.26. The maximum Gasteiger partial charge on any atom is 0.147 e. The Morgan fingerprint density at radius 3 is 2.76 bits per heavy atom. The van der Waals surface area contributed by atoms with E-state index in [2.05, 4.69) is 21.5 Å². The molecular formula is C12H20N4S. The quantitative estimate of drug-likeness (QED) is 0.862. The van der Waals surface area contributed by atoms with E-state index in [1.54, 1.807) is 12.4 Å². The Balaban J connectivity index is 1.95. The van der Waals surface area contributed by atoms with E-state index < -0.39 is 0 Å². The largest absolute Gasteiger partial charge is 0.382 e. The summed E-state index contributed by atoms with van der Waals surface area (Å²) in [6.07, 6.45) is 12.1. The molecule has 1 aromatic rings. The number of anilines is 2. The molecule has 0 aromatic carbocycles. The molecule has 1 heterocycles. The molecule has 0 atom stereocenters. The van der Waals surface area contributed by atoms with Gasteiger partial charge >= 0.3 is 0 Å². The monoisotopic (exact) mass is 252 g/mol. The fraction of sp³-hybridized carbons (Fsp3) is 0.667. The molecule has 1 saturated carbocycles. The molecular weight excluding hydrogens is 232 g/mol.